The predicted molar refractivity (Wildman–Crippen MR) is 105 cm³/mol. The molecule has 3 rings (SSSR count). The number of hydrogen-bond donors (Lipinski definition) is 0. The number of carbonyl (C=O) groups is 1. The SMILES string of the molecule is CC(C)Oc1ccc(C(=O)N2CC=NC2=Nc2c(Cl)cccc2Cl)cc1. The average molecular weight is 390 g/mol. The Morgan fingerprint density at radius 3 is 2.42 bits per heavy atom. The standard InChI is InChI=1S/C19H17Cl2N3O2/c1-12(2)26-14-8-6-13(7-9-14)18(25)24-11-10-22-19(24)23-17-15(20)4-3-5-16(17)21/h3-10,12H,11H2,1-2H3. The summed E-state index contributed by atoms with van der Waals surface area (Å²) in [6.07, 6.45) is 1.69. The van der Waals surface area contributed by atoms with Crippen molar-refractivity contribution in [1.29, 1.82) is 0 Å². The number of ether oxygens (including phenoxy) is 1. The van der Waals surface area contributed by atoms with Crippen LogP contribution in [0.3, 0.4) is 0 Å². The summed E-state index contributed by atoms with van der Waals surface area (Å²) >= 11 is 12.3. The molecule has 1 heterocycles. The van der Waals surface area contributed by atoms with Crippen molar-refractivity contribution in [2.24, 2.45) is 9.98 Å². The highest BCUT2D eigenvalue weighted by Crippen LogP contribution is 2.33. The lowest BCUT2D eigenvalue weighted by Crippen LogP contribution is -2.33. The molecule has 7 heteroatoms. The maximum absolute atomic E-state index is 12.8. The minimum absolute atomic E-state index is 0.0719. The summed E-state index contributed by atoms with van der Waals surface area (Å²) in [6, 6.07) is 12.1. The Labute approximate surface area is 161 Å². The molecular formula is C19H17Cl2N3O2. The highest BCUT2D eigenvalue weighted by atomic mass is 35.5. The van der Waals surface area contributed by atoms with Crippen molar-refractivity contribution in [3.63, 3.8) is 0 Å². The molecule has 0 N–H and O–H groups in total. The monoisotopic (exact) mass is 389 g/mol. The summed E-state index contributed by atoms with van der Waals surface area (Å²) in [6.45, 7) is 4.23. The van der Waals surface area contributed by atoms with Crippen molar-refractivity contribution in [3.8, 4) is 5.75 Å². The zero-order valence-corrected chi connectivity index (χ0v) is 15.8. The lowest BCUT2D eigenvalue weighted by molar-refractivity contribution is 0.0864. The number of benzene rings is 2. The lowest BCUT2D eigenvalue weighted by Gasteiger charge is -2.16. The normalized spacial score (nSPS) is 15.1. The molecule has 0 atom stereocenters. The van der Waals surface area contributed by atoms with Crippen LogP contribution in [0.15, 0.2) is 52.4 Å². The fourth-order valence-electron chi connectivity index (χ4n) is 2.42. The number of halogens is 2. The predicted octanol–water partition coefficient (Wildman–Crippen LogP) is 4.99. The van der Waals surface area contributed by atoms with Crippen LogP contribution in [0.2, 0.25) is 10.0 Å². The second-order valence-corrected chi connectivity index (χ2v) is 6.71. The molecule has 1 aliphatic rings. The van der Waals surface area contributed by atoms with E-state index in [0.717, 1.165) is 0 Å². The van der Waals surface area contributed by atoms with Crippen molar-refractivity contribution >= 4 is 47.0 Å². The van der Waals surface area contributed by atoms with Crippen LogP contribution in [0.1, 0.15) is 24.2 Å². The van der Waals surface area contributed by atoms with Gasteiger partial charge in [-0.15, -0.1) is 0 Å². The van der Waals surface area contributed by atoms with Gasteiger partial charge >= 0.3 is 0 Å². The van der Waals surface area contributed by atoms with Gasteiger partial charge < -0.3 is 4.74 Å². The van der Waals surface area contributed by atoms with Crippen molar-refractivity contribution in [2.45, 2.75) is 20.0 Å². The molecule has 0 saturated carbocycles. The zero-order valence-electron chi connectivity index (χ0n) is 14.3. The molecule has 2 aromatic rings. The third-order valence-corrected chi connectivity index (χ3v) is 4.19. The highest BCUT2D eigenvalue weighted by molar-refractivity contribution is 6.39. The van der Waals surface area contributed by atoms with Gasteiger partial charge in [0.15, 0.2) is 0 Å². The maximum Gasteiger partial charge on any atom is 0.260 e. The van der Waals surface area contributed by atoms with Crippen molar-refractivity contribution in [3.05, 3.63) is 58.1 Å². The molecule has 26 heavy (non-hydrogen) atoms. The first-order valence-corrected chi connectivity index (χ1v) is 8.85. The van der Waals surface area contributed by atoms with E-state index in [0.29, 0.717) is 33.6 Å². The maximum atomic E-state index is 12.8. The van der Waals surface area contributed by atoms with Crippen LogP contribution in [-0.4, -0.2) is 35.6 Å². The van der Waals surface area contributed by atoms with Crippen LogP contribution in [0, 0.1) is 0 Å². The molecule has 2 aromatic carbocycles. The van der Waals surface area contributed by atoms with Gasteiger partial charge in [-0.1, -0.05) is 29.3 Å². The second kappa shape index (κ2) is 7.89. The van der Waals surface area contributed by atoms with E-state index >= 15 is 0 Å². The second-order valence-electron chi connectivity index (χ2n) is 5.90. The number of nitrogens with zero attached hydrogens (tertiary/aromatic N) is 3. The number of para-hydroxylation sites is 1. The van der Waals surface area contributed by atoms with E-state index in [4.69, 9.17) is 27.9 Å². The number of guanidine groups is 1. The van der Waals surface area contributed by atoms with Crippen LogP contribution in [0.25, 0.3) is 0 Å². The smallest absolute Gasteiger partial charge is 0.260 e. The summed E-state index contributed by atoms with van der Waals surface area (Å²) in [5.41, 5.74) is 0.910. The Balaban J connectivity index is 1.84. The number of aliphatic imine (C=N–C) groups is 2. The summed E-state index contributed by atoms with van der Waals surface area (Å²) in [4.78, 5) is 22.8. The molecule has 1 amide bonds. The van der Waals surface area contributed by atoms with Crippen molar-refractivity contribution < 1.29 is 9.53 Å². The Bertz CT molecular complexity index is 857. The van der Waals surface area contributed by atoms with Gasteiger partial charge in [0, 0.05) is 11.8 Å². The number of carbonyl (C=O) groups excluding carboxylic acids is 1. The quantitative estimate of drug-likeness (QED) is 0.738. The summed E-state index contributed by atoms with van der Waals surface area (Å²) < 4.78 is 5.60. The van der Waals surface area contributed by atoms with Gasteiger partial charge in [0.25, 0.3) is 5.91 Å². The van der Waals surface area contributed by atoms with Gasteiger partial charge in [0.05, 0.1) is 22.7 Å². The van der Waals surface area contributed by atoms with E-state index in [1.54, 1.807) is 48.7 Å². The molecule has 0 spiro atoms. The van der Waals surface area contributed by atoms with E-state index in [1.165, 1.54) is 4.90 Å². The van der Waals surface area contributed by atoms with E-state index < -0.39 is 0 Å². The van der Waals surface area contributed by atoms with Crippen LogP contribution >= 0.6 is 23.2 Å². The molecule has 0 fully saturated rings. The van der Waals surface area contributed by atoms with Crippen LogP contribution < -0.4 is 4.74 Å². The van der Waals surface area contributed by atoms with Crippen LogP contribution in [0.5, 0.6) is 5.75 Å². The Morgan fingerprint density at radius 2 is 1.81 bits per heavy atom. The third kappa shape index (κ3) is 4.06. The number of amides is 1. The summed E-state index contributed by atoms with van der Waals surface area (Å²) in [7, 11) is 0. The molecule has 0 saturated heterocycles. The molecular weight excluding hydrogens is 373 g/mol. The Morgan fingerprint density at radius 1 is 1.15 bits per heavy atom. The van der Waals surface area contributed by atoms with E-state index in [9.17, 15) is 4.79 Å². The minimum Gasteiger partial charge on any atom is -0.491 e. The molecule has 5 nitrogen and oxygen atoms in total. The van der Waals surface area contributed by atoms with Gasteiger partial charge in [-0.25, -0.2) is 9.98 Å². The first-order chi connectivity index (χ1) is 12.5. The average Bonchev–Trinajstić information content (AvgIpc) is 3.06. The molecule has 0 bridgehead atoms. The van der Waals surface area contributed by atoms with Crippen LogP contribution in [-0.2, 0) is 0 Å². The van der Waals surface area contributed by atoms with E-state index in [-0.39, 0.29) is 18.0 Å². The largest absolute Gasteiger partial charge is 0.491 e. The highest BCUT2D eigenvalue weighted by Gasteiger charge is 2.24. The molecule has 0 radical (unpaired) electrons. The molecule has 0 unspecified atom stereocenters. The minimum atomic E-state index is -0.208. The fraction of sp³-hybridized carbons (Fsp3) is 0.211. The lowest BCUT2D eigenvalue weighted by atomic mass is 10.2. The Kier molecular flexibility index (Phi) is 5.59. The Hall–Kier alpha value is -2.37. The molecule has 134 valence electrons. The van der Waals surface area contributed by atoms with Crippen LogP contribution in [0.4, 0.5) is 5.69 Å². The summed E-state index contributed by atoms with van der Waals surface area (Å²) in [5, 5.41) is 0.796. The molecule has 0 aliphatic carbocycles. The fourth-order valence-corrected chi connectivity index (χ4v) is 2.90. The van der Waals surface area contributed by atoms with Gasteiger partial charge in [-0.05, 0) is 50.2 Å². The zero-order chi connectivity index (χ0) is 18.7. The van der Waals surface area contributed by atoms with Crippen molar-refractivity contribution in [1.82, 2.24) is 4.90 Å². The first kappa shape index (κ1) is 18.4. The topological polar surface area (TPSA) is 54.3 Å². The first-order valence-electron chi connectivity index (χ1n) is 8.09. The van der Waals surface area contributed by atoms with Crippen molar-refractivity contribution in [2.75, 3.05) is 6.54 Å². The third-order valence-electron chi connectivity index (χ3n) is 3.58. The van der Waals surface area contributed by atoms with Gasteiger partial charge in [0.1, 0.15) is 11.4 Å². The van der Waals surface area contributed by atoms with Gasteiger partial charge in [-0.2, -0.15) is 0 Å². The van der Waals surface area contributed by atoms with Gasteiger partial charge in [-0.3, -0.25) is 9.69 Å². The molecule has 1 aliphatic heterocycles. The van der Waals surface area contributed by atoms with Gasteiger partial charge in [0.2, 0.25) is 5.96 Å². The number of rotatable bonds is 4. The molecule has 0 aromatic heterocycles. The number of hydrogen-bond acceptors (Lipinski definition) is 3. The van der Waals surface area contributed by atoms with E-state index in [2.05, 4.69) is 9.98 Å². The van der Waals surface area contributed by atoms with E-state index in [1.807, 2.05) is 13.8 Å². The summed E-state index contributed by atoms with van der Waals surface area (Å²) in [5.74, 6) is 0.763.